The molecule has 2 bridgehead atoms. The number of anilines is 1. The molecule has 0 atom stereocenters. The van der Waals surface area contributed by atoms with E-state index in [-0.39, 0.29) is 23.8 Å². The van der Waals surface area contributed by atoms with E-state index in [1.165, 1.54) is 0 Å². The van der Waals surface area contributed by atoms with Gasteiger partial charge in [-0.1, -0.05) is 24.6 Å². The van der Waals surface area contributed by atoms with E-state index in [1.54, 1.807) is 35.5 Å². The number of nitrogens with two attached hydrogens (primary N) is 1. The zero-order valence-electron chi connectivity index (χ0n) is 22.1. The second kappa shape index (κ2) is 12.1. The minimum Gasteiger partial charge on any atom is -0.491 e. The molecule has 0 saturated carbocycles. The van der Waals surface area contributed by atoms with E-state index in [1.807, 2.05) is 41.3 Å². The van der Waals surface area contributed by atoms with E-state index in [2.05, 4.69) is 9.97 Å². The van der Waals surface area contributed by atoms with Crippen LogP contribution < -0.4 is 15.2 Å². The molecule has 2 amide bonds. The lowest BCUT2D eigenvalue weighted by atomic mass is 9.75. The number of pyridine rings is 2. The minimum absolute atomic E-state index is 0.0286. The average Bonchev–Trinajstić information content (AvgIpc) is 2.98. The minimum atomic E-state index is -0.179. The first-order valence-corrected chi connectivity index (χ1v) is 13.6. The predicted molar refractivity (Wildman–Crippen MR) is 148 cm³/mol. The van der Waals surface area contributed by atoms with Gasteiger partial charge in [-0.3, -0.25) is 14.6 Å². The van der Waals surface area contributed by atoms with Crippen molar-refractivity contribution in [2.45, 2.75) is 32.1 Å². The lowest BCUT2D eigenvalue weighted by molar-refractivity contribution is 0.0358. The number of carbonyl (C=O) groups excluding carboxylic acids is 2. The summed E-state index contributed by atoms with van der Waals surface area (Å²) in [5, 5.41) is 0. The summed E-state index contributed by atoms with van der Waals surface area (Å²) in [5.74, 6) is 1.38. The third kappa shape index (κ3) is 6.47. The van der Waals surface area contributed by atoms with Crippen LogP contribution in [0.4, 0.5) is 5.82 Å². The summed E-state index contributed by atoms with van der Waals surface area (Å²) in [6.45, 7) is 3.10. The first-order valence-electron chi connectivity index (χ1n) is 13.6. The number of rotatable bonds is 4. The summed E-state index contributed by atoms with van der Waals surface area (Å²) in [4.78, 5) is 39.0. The fourth-order valence-corrected chi connectivity index (χ4v) is 5.38. The Labute approximate surface area is 228 Å². The highest BCUT2D eigenvalue weighted by atomic mass is 16.5. The molecule has 0 aliphatic carbocycles. The van der Waals surface area contributed by atoms with Crippen molar-refractivity contribution in [3.8, 4) is 11.5 Å². The Kier molecular flexibility index (Phi) is 8.24. The average molecular weight is 530 g/mol. The van der Waals surface area contributed by atoms with Gasteiger partial charge in [-0.15, -0.1) is 0 Å². The summed E-state index contributed by atoms with van der Waals surface area (Å²) >= 11 is 0. The fraction of sp³-hybridized carbons (Fsp3) is 0.400. The van der Waals surface area contributed by atoms with Crippen molar-refractivity contribution >= 4 is 17.6 Å². The van der Waals surface area contributed by atoms with Crippen LogP contribution in [0.2, 0.25) is 0 Å². The maximum absolute atomic E-state index is 13.5. The number of para-hydroxylation sites is 1. The molecule has 3 aromatic rings. The van der Waals surface area contributed by atoms with Crippen molar-refractivity contribution in [2.75, 3.05) is 45.1 Å². The highest BCUT2D eigenvalue weighted by Crippen LogP contribution is 2.38. The van der Waals surface area contributed by atoms with E-state index in [4.69, 9.17) is 15.2 Å². The summed E-state index contributed by atoms with van der Waals surface area (Å²) in [5.41, 5.74) is 6.64. The lowest BCUT2D eigenvalue weighted by Gasteiger charge is -2.42. The van der Waals surface area contributed by atoms with Gasteiger partial charge >= 0.3 is 0 Å². The quantitative estimate of drug-likeness (QED) is 0.542. The van der Waals surface area contributed by atoms with E-state index in [0.29, 0.717) is 55.6 Å². The maximum Gasteiger partial charge on any atom is 0.272 e. The van der Waals surface area contributed by atoms with Gasteiger partial charge in [0.1, 0.15) is 29.6 Å². The summed E-state index contributed by atoms with van der Waals surface area (Å²) in [6.07, 6.45) is 7.86. The van der Waals surface area contributed by atoms with Crippen molar-refractivity contribution in [1.82, 2.24) is 19.8 Å². The third-order valence-corrected chi connectivity index (χ3v) is 7.69. The molecule has 9 nitrogen and oxygen atoms in total. The van der Waals surface area contributed by atoms with Crippen LogP contribution in [0, 0.1) is 5.41 Å². The zero-order valence-corrected chi connectivity index (χ0v) is 22.1. The summed E-state index contributed by atoms with van der Waals surface area (Å²) < 4.78 is 12.3. The van der Waals surface area contributed by atoms with E-state index >= 15 is 0 Å². The molecule has 39 heavy (non-hydrogen) atoms. The van der Waals surface area contributed by atoms with Gasteiger partial charge in [0.25, 0.3) is 11.8 Å². The van der Waals surface area contributed by atoms with Gasteiger partial charge < -0.3 is 25.0 Å². The smallest absolute Gasteiger partial charge is 0.272 e. The lowest BCUT2D eigenvalue weighted by Crippen LogP contribution is -2.45. The van der Waals surface area contributed by atoms with Gasteiger partial charge in [-0.05, 0) is 62.1 Å². The Morgan fingerprint density at radius 2 is 1.82 bits per heavy atom. The number of hydrogen-bond donors (Lipinski definition) is 1. The summed E-state index contributed by atoms with van der Waals surface area (Å²) in [7, 11) is 0. The van der Waals surface area contributed by atoms with Gasteiger partial charge in [-0.25, -0.2) is 4.98 Å². The molecule has 6 rings (SSSR count). The number of piperidine rings is 1. The molecular weight excluding hydrogens is 494 g/mol. The molecule has 9 heteroatoms. The van der Waals surface area contributed by atoms with Gasteiger partial charge in [-0.2, -0.15) is 0 Å². The number of nitrogens with zero attached hydrogens (tertiary/aromatic N) is 4. The van der Waals surface area contributed by atoms with Crippen LogP contribution in [-0.2, 0) is 0 Å². The number of benzene rings is 1. The largest absolute Gasteiger partial charge is 0.491 e. The van der Waals surface area contributed by atoms with Crippen LogP contribution in [0.5, 0.6) is 11.5 Å². The first-order chi connectivity index (χ1) is 19.0. The van der Waals surface area contributed by atoms with Gasteiger partial charge in [0.2, 0.25) is 0 Å². The number of carbonyl (C=O) groups is 2. The second-order valence-corrected chi connectivity index (χ2v) is 10.3. The monoisotopic (exact) mass is 529 g/mol. The van der Waals surface area contributed by atoms with Crippen LogP contribution in [-0.4, -0.2) is 71.0 Å². The van der Waals surface area contributed by atoms with Crippen molar-refractivity contribution in [3.05, 3.63) is 78.2 Å². The number of fused-ring (bicyclic) bond motifs is 9. The summed E-state index contributed by atoms with van der Waals surface area (Å²) in [6, 6.07) is 16.2. The van der Waals surface area contributed by atoms with E-state index < -0.39 is 0 Å². The molecule has 1 aromatic carbocycles. The molecule has 0 spiro atoms. The first kappa shape index (κ1) is 26.5. The van der Waals surface area contributed by atoms with Crippen molar-refractivity contribution in [2.24, 2.45) is 5.41 Å². The van der Waals surface area contributed by atoms with Gasteiger partial charge in [0, 0.05) is 31.2 Å². The SMILES string of the molecule is Nc1cccc(C(=O)N2CCCCC3(COc4cccnc4)CCN(CC3)C(=O)c3ccccc3OCC2)n1. The predicted octanol–water partition coefficient (Wildman–Crippen LogP) is 4.07. The topological polar surface area (TPSA) is 111 Å². The standard InChI is InChI=1S/C30H35N5O4/c31-27-11-5-9-25(33-27)29(37)34-16-4-3-12-30(22-39-23-7-6-15-32-21-23)13-17-35(18-14-30)28(36)24-8-1-2-10-26(24)38-20-19-34/h1-2,5-11,15,21H,3-4,12-14,16-20,22H2,(H2,31,33). The normalized spacial score (nSPS) is 17.9. The Morgan fingerprint density at radius 1 is 0.974 bits per heavy atom. The van der Waals surface area contributed by atoms with Crippen molar-refractivity contribution < 1.29 is 19.1 Å². The Balaban J connectivity index is 1.37. The van der Waals surface area contributed by atoms with E-state index in [0.717, 1.165) is 37.9 Å². The molecule has 1 saturated heterocycles. The number of hydrogen-bond acceptors (Lipinski definition) is 7. The van der Waals surface area contributed by atoms with Gasteiger partial charge in [0.15, 0.2) is 0 Å². The number of aromatic nitrogens is 2. The Hall–Kier alpha value is -4.14. The van der Waals surface area contributed by atoms with Crippen molar-refractivity contribution in [3.63, 3.8) is 0 Å². The van der Waals surface area contributed by atoms with Crippen LogP contribution in [0.1, 0.15) is 53.0 Å². The Morgan fingerprint density at radius 3 is 2.62 bits per heavy atom. The number of ether oxygens (including phenoxy) is 2. The molecule has 0 radical (unpaired) electrons. The van der Waals surface area contributed by atoms with Gasteiger partial charge in [0.05, 0.1) is 24.9 Å². The molecule has 3 aliphatic rings. The van der Waals surface area contributed by atoms with Crippen molar-refractivity contribution in [1.29, 1.82) is 0 Å². The molecule has 2 aromatic heterocycles. The molecular formula is C30H35N5O4. The Bertz CT molecular complexity index is 1280. The second-order valence-electron chi connectivity index (χ2n) is 10.3. The molecule has 2 N–H and O–H groups in total. The van der Waals surface area contributed by atoms with Crippen LogP contribution in [0.25, 0.3) is 0 Å². The molecule has 5 heterocycles. The fourth-order valence-electron chi connectivity index (χ4n) is 5.38. The molecule has 1 fully saturated rings. The van der Waals surface area contributed by atoms with E-state index in [9.17, 15) is 9.59 Å². The number of amides is 2. The molecule has 3 aliphatic heterocycles. The van der Waals surface area contributed by atoms with Crippen LogP contribution in [0.15, 0.2) is 67.0 Å². The zero-order chi connectivity index (χ0) is 27.1. The molecule has 204 valence electrons. The van der Waals surface area contributed by atoms with Crippen LogP contribution >= 0.6 is 0 Å². The maximum atomic E-state index is 13.5. The molecule has 0 unspecified atom stereocenters. The third-order valence-electron chi connectivity index (χ3n) is 7.69. The number of nitrogen functional groups attached to an aromatic ring is 1. The highest BCUT2D eigenvalue weighted by molar-refractivity contribution is 5.97. The highest BCUT2D eigenvalue weighted by Gasteiger charge is 2.37. The van der Waals surface area contributed by atoms with Crippen LogP contribution in [0.3, 0.4) is 0 Å².